The van der Waals surface area contributed by atoms with Crippen LogP contribution in [-0.2, 0) is 17.6 Å². The van der Waals surface area contributed by atoms with Gasteiger partial charge in [-0.15, -0.1) is 0 Å². The number of benzene rings is 2. The van der Waals surface area contributed by atoms with E-state index in [0.717, 1.165) is 49.0 Å². The Morgan fingerprint density at radius 2 is 1.82 bits per heavy atom. The van der Waals surface area contributed by atoms with E-state index in [1.807, 2.05) is 24.3 Å². The van der Waals surface area contributed by atoms with Crippen LogP contribution in [-0.4, -0.2) is 35.8 Å². The van der Waals surface area contributed by atoms with Gasteiger partial charge in [-0.25, -0.2) is 0 Å². The molecule has 1 saturated carbocycles. The van der Waals surface area contributed by atoms with Gasteiger partial charge in [0.15, 0.2) is 0 Å². The second kappa shape index (κ2) is 8.17. The molecule has 1 aliphatic heterocycles. The van der Waals surface area contributed by atoms with E-state index in [9.17, 15) is 9.59 Å². The molecule has 0 atom stereocenters. The third-order valence-electron chi connectivity index (χ3n) is 6.11. The van der Waals surface area contributed by atoms with Gasteiger partial charge in [-0.1, -0.05) is 43.2 Å². The molecule has 0 spiro atoms. The van der Waals surface area contributed by atoms with Crippen molar-refractivity contribution in [3.05, 3.63) is 65.2 Å². The quantitative estimate of drug-likeness (QED) is 0.784. The van der Waals surface area contributed by atoms with Crippen molar-refractivity contribution in [2.45, 2.75) is 51.5 Å². The van der Waals surface area contributed by atoms with Crippen LogP contribution in [0.15, 0.2) is 48.5 Å². The summed E-state index contributed by atoms with van der Waals surface area (Å²) in [4.78, 5) is 29.1. The van der Waals surface area contributed by atoms with Crippen LogP contribution in [0.1, 0.15) is 54.1 Å². The van der Waals surface area contributed by atoms with E-state index in [-0.39, 0.29) is 11.8 Å². The van der Waals surface area contributed by atoms with Gasteiger partial charge >= 0.3 is 0 Å². The van der Waals surface area contributed by atoms with Gasteiger partial charge in [0.1, 0.15) is 0 Å². The molecule has 2 aromatic carbocycles. The van der Waals surface area contributed by atoms with E-state index in [1.54, 1.807) is 11.8 Å². The lowest BCUT2D eigenvalue weighted by atomic mass is 10.0. The lowest BCUT2D eigenvalue weighted by Crippen LogP contribution is -2.40. The Balaban J connectivity index is 1.54. The second-order valence-electron chi connectivity index (χ2n) is 7.94. The predicted octanol–water partition coefficient (Wildman–Crippen LogP) is 4.22. The number of fused-ring (bicyclic) bond motifs is 1. The molecule has 4 heteroatoms. The van der Waals surface area contributed by atoms with Gasteiger partial charge in [0.2, 0.25) is 5.91 Å². The van der Waals surface area contributed by atoms with Crippen molar-refractivity contribution in [2.75, 3.05) is 18.0 Å². The summed E-state index contributed by atoms with van der Waals surface area (Å²) in [7, 11) is 0. The highest BCUT2D eigenvalue weighted by Gasteiger charge is 2.29. The normalized spacial score (nSPS) is 16.2. The van der Waals surface area contributed by atoms with Crippen LogP contribution in [0, 0.1) is 0 Å². The van der Waals surface area contributed by atoms with Crippen molar-refractivity contribution >= 4 is 17.5 Å². The fourth-order valence-corrected chi connectivity index (χ4v) is 4.59. The van der Waals surface area contributed by atoms with Crippen LogP contribution in [0.4, 0.5) is 5.69 Å². The van der Waals surface area contributed by atoms with E-state index in [4.69, 9.17) is 0 Å². The van der Waals surface area contributed by atoms with Crippen molar-refractivity contribution in [1.29, 1.82) is 0 Å². The van der Waals surface area contributed by atoms with E-state index in [0.29, 0.717) is 12.6 Å². The molecule has 0 saturated heterocycles. The summed E-state index contributed by atoms with van der Waals surface area (Å²) in [5.41, 5.74) is 4.09. The molecule has 0 aromatic heterocycles. The van der Waals surface area contributed by atoms with Gasteiger partial charge in [0.25, 0.3) is 5.91 Å². The van der Waals surface area contributed by atoms with Gasteiger partial charge in [-0.2, -0.15) is 0 Å². The first kappa shape index (κ1) is 18.7. The zero-order valence-electron chi connectivity index (χ0n) is 16.6. The summed E-state index contributed by atoms with van der Waals surface area (Å²) in [5.74, 6) is 0.195. The van der Waals surface area contributed by atoms with Crippen molar-refractivity contribution in [2.24, 2.45) is 0 Å². The predicted molar refractivity (Wildman–Crippen MR) is 112 cm³/mol. The molecule has 2 aliphatic rings. The number of carbonyl (C=O) groups excluding carboxylic acids is 2. The maximum atomic E-state index is 13.4. The Morgan fingerprint density at radius 1 is 1.07 bits per heavy atom. The lowest BCUT2D eigenvalue weighted by Gasteiger charge is -2.29. The third kappa shape index (κ3) is 3.82. The maximum absolute atomic E-state index is 13.4. The number of carbonyl (C=O) groups is 2. The Hall–Kier alpha value is -2.62. The second-order valence-corrected chi connectivity index (χ2v) is 7.94. The van der Waals surface area contributed by atoms with Crippen molar-refractivity contribution in [1.82, 2.24) is 4.90 Å². The number of nitrogens with zero attached hydrogens (tertiary/aromatic N) is 2. The van der Waals surface area contributed by atoms with Crippen molar-refractivity contribution in [3.8, 4) is 0 Å². The molecule has 0 radical (unpaired) electrons. The summed E-state index contributed by atoms with van der Waals surface area (Å²) >= 11 is 0. The summed E-state index contributed by atoms with van der Waals surface area (Å²) in [6.45, 7) is 3.06. The Bertz CT molecular complexity index is 856. The van der Waals surface area contributed by atoms with Crippen molar-refractivity contribution in [3.63, 3.8) is 0 Å². The molecule has 0 unspecified atom stereocenters. The number of rotatable bonds is 5. The van der Waals surface area contributed by atoms with Crippen LogP contribution < -0.4 is 4.90 Å². The highest BCUT2D eigenvalue weighted by molar-refractivity contribution is 5.98. The van der Waals surface area contributed by atoms with Crippen LogP contribution >= 0.6 is 0 Å². The first-order valence-electron chi connectivity index (χ1n) is 10.4. The van der Waals surface area contributed by atoms with Crippen LogP contribution in [0.25, 0.3) is 0 Å². The Morgan fingerprint density at radius 3 is 2.54 bits per heavy atom. The van der Waals surface area contributed by atoms with E-state index < -0.39 is 0 Å². The van der Waals surface area contributed by atoms with E-state index in [1.165, 1.54) is 18.4 Å². The summed E-state index contributed by atoms with van der Waals surface area (Å²) in [6, 6.07) is 16.6. The van der Waals surface area contributed by atoms with E-state index in [2.05, 4.69) is 29.2 Å². The lowest BCUT2D eigenvalue weighted by molar-refractivity contribution is -0.116. The molecule has 4 nitrogen and oxygen atoms in total. The number of amides is 2. The Kier molecular flexibility index (Phi) is 5.47. The SMILES string of the molecule is CC(=O)N1CCc2cc(C(=O)N(CCc3ccccc3)C3CCCC3)ccc21. The first-order valence-corrected chi connectivity index (χ1v) is 10.4. The molecule has 4 rings (SSSR count). The van der Waals surface area contributed by atoms with Crippen LogP contribution in [0.5, 0.6) is 0 Å². The molecular formula is C24H28N2O2. The summed E-state index contributed by atoms with van der Waals surface area (Å²) in [5, 5.41) is 0. The molecule has 28 heavy (non-hydrogen) atoms. The van der Waals surface area contributed by atoms with Gasteiger partial charge in [0.05, 0.1) is 0 Å². The monoisotopic (exact) mass is 376 g/mol. The number of hydrogen-bond acceptors (Lipinski definition) is 2. The van der Waals surface area contributed by atoms with E-state index >= 15 is 0 Å². The molecule has 1 heterocycles. The zero-order valence-corrected chi connectivity index (χ0v) is 16.6. The highest BCUT2D eigenvalue weighted by atomic mass is 16.2. The fraction of sp³-hybridized carbons (Fsp3) is 0.417. The van der Waals surface area contributed by atoms with Gasteiger partial charge < -0.3 is 9.80 Å². The minimum Gasteiger partial charge on any atom is -0.335 e. The number of hydrogen-bond donors (Lipinski definition) is 0. The molecule has 2 amide bonds. The van der Waals surface area contributed by atoms with Crippen LogP contribution in [0.3, 0.4) is 0 Å². The van der Waals surface area contributed by atoms with Gasteiger partial charge in [-0.05, 0) is 55.0 Å². The Labute approximate surface area is 167 Å². The summed E-state index contributed by atoms with van der Waals surface area (Å²) in [6.07, 6.45) is 6.32. The molecule has 0 N–H and O–H groups in total. The van der Waals surface area contributed by atoms with Crippen LogP contribution in [0.2, 0.25) is 0 Å². The minimum absolute atomic E-state index is 0.0632. The molecule has 146 valence electrons. The molecule has 1 aliphatic carbocycles. The topological polar surface area (TPSA) is 40.6 Å². The minimum atomic E-state index is 0.0632. The molecule has 1 fully saturated rings. The molecule has 0 bridgehead atoms. The zero-order chi connectivity index (χ0) is 19.5. The average Bonchev–Trinajstić information content (AvgIpc) is 3.38. The molecular weight excluding hydrogens is 348 g/mol. The largest absolute Gasteiger partial charge is 0.335 e. The van der Waals surface area contributed by atoms with Gasteiger partial charge in [0, 0.05) is 37.3 Å². The van der Waals surface area contributed by atoms with Gasteiger partial charge in [-0.3, -0.25) is 9.59 Å². The third-order valence-corrected chi connectivity index (χ3v) is 6.11. The fourth-order valence-electron chi connectivity index (χ4n) is 4.59. The highest BCUT2D eigenvalue weighted by Crippen LogP contribution is 2.31. The smallest absolute Gasteiger partial charge is 0.254 e. The molecule has 2 aromatic rings. The average molecular weight is 377 g/mol. The summed E-state index contributed by atoms with van der Waals surface area (Å²) < 4.78 is 0. The maximum Gasteiger partial charge on any atom is 0.254 e. The van der Waals surface area contributed by atoms with Crippen molar-refractivity contribution < 1.29 is 9.59 Å². The number of anilines is 1. The first-order chi connectivity index (χ1) is 13.6. The standard InChI is InChI=1S/C24H28N2O2/c1-18(27)25-16-14-20-17-21(11-12-23(20)25)24(28)26(22-9-5-6-10-22)15-13-19-7-3-2-4-8-19/h2-4,7-8,11-12,17,22H,5-6,9-10,13-16H2,1H3.